The Labute approximate surface area is 104 Å². The zero-order valence-electron chi connectivity index (χ0n) is 11.4. The third-order valence-electron chi connectivity index (χ3n) is 2.10. The van der Waals surface area contributed by atoms with Crippen LogP contribution in [-0.4, -0.2) is 24.3 Å². The number of carbonyl (C=O) groups is 1. The molecule has 0 spiro atoms. The van der Waals surface area contributed by atoms with Gasteiger partial charge in [0.15, 0.2) is 5.78 Å². The minimum atomic E-state index is -0.0772. The summed E-state index contributed by atoms with van der Waals surface area (Å²) in [6, 6.07) is 0. The Hall–Kier alpha value is -1.51. The van der Waals surface area contributed by atoms with Crippen molar-refractivity contribution in [2.24, 2.45) is 15.9 Å². The number of hydrogen-bond donors (Lipinski definition) is 0. The highest BCUT2D eigenvalue weighted by Gasteiger charge is 2.16. The molecule has 0 N–H and O–H groups in total. The van der Waals surface area contributed by atoms with Crippen LogP contribution in [0.5, 0.6) is 0 Å². The Morgan fingerprint density at radius 1 is 1.41 bits per heavy atom. The lowest BCUT2D eigenvalue weighted by Crippen LogP contribution is -2.20. The molecule has 0 aliphatic carbocycles. The number of allylic oxidation sites excluding steroid dienone is 3. The summed E-state index contributed by atoms with van der Waals surface area (Å²) in [5.74, 6) is -0.0616. The van der Waals surface area contributed by atoms with Crippen LogP contribution in [-0.2, 0) is 4.79 Å². The third kappa shape index (κ3) is 5.38. The van der Waals surface area contributed by atoms with Gasteiger partial charge in [-0.15, -0.1) is 0 Å². The number of rotatable bonds is 6. The van der Waals surface area contributed by atoms with Crippen LogP contribution in [0.1, 0.15) is 34.6 Å². The Morgan fingerprint density at radius 3 is 2.35 bits per heavy atom. The number of Topliss-reactive ketones (excluding diaryl/α,β-unsaturated/α-hetero) is 1. The van der Waals surface area contributed by atoms with Gasteiger partial charge in [0.05, 0.1) is 5.70 Å². The summed E-state index contributed by atoms with van der Waals surface area (Å²) >= 11 is 0. The summed E-state index contributed by atoms with van der Waals surface area (Å²) in [6.45, 7) is 13.8. The fourth-order valence-corrected chi connectivity index (χ4v) is 1.12. The van der Waals surface area contributed by atoms with E-state index in [4.69, 9.17) is 0 Å². The van der Waals surface area contributed by atoms with Crippen LogP contribution in [0.4, 0.5) is 0 Å². The number of carbonyl (C=O) groups excluding carboxylic acids is 1. The van der Waals surface area contributed by atoms with Gasteiger partial charge in [0, 0.05) is 18.7 Å². The van der Waals surface area contributed by atoms with Crippen molar-refractivity contribution in [1.29, 1.82) is 0 Å². The first-order chi connectivity index (χ1) is 7.93. The zero-order valence-corrected chi connectivity index (χ0v) is 11.4. The van der Waals surface area contributed by atoms with Crippen LogP contribution >= 0.6 is 0 Å². The molecule has 0 atom stereocenters. The van der Waals surface area contributed by atoms with Crippen molar-refractivity contribution in [2.75, 3.05) is 6.54 Å². The van der Waals surface area contributed by atoms with Gasteiger partial charge < -0.3 is 0 Å². The predicted octanol–water partition coefficient (Wildman–Crippen LogP) is 3.22. The molecule has 0 rings (SSSR count). The summed E-state index contributed by atoms with van der Waals surface area (Å²) < 4.78 is 0. The van der Waals surface area contributed by atoms with E-state index in [2.05, 4.69) is 16.6 Å². The van der Waals surface area contributed by atoms with E-state index in [0.29, 0.717) is 23.5 Å². The van der Waals surface area contributed by atoms with E-state index in [1.807, 2.05) is 33.8 Å². The average Bonchev–Trinajstić information content (AvgIpc) is 2.28. The second-order valence-electron chi connectivity index (χ2n) is 4.10. The van der Waals surface area contributed by atoms with E-state index < -0.39 is 0 Å². The van der Waals surface area contributed by atoms with Crippen molar-refractivity contribution in [1.82, 2.24) is 0 Å². The van der Waals surface area contributed by atoms with Gasteiger partial charge >= 0.3 is 0 Å². The highest BCUT2D eigenvalue weighted by Crippen LogP contribution is 2.07. The van der Waals surface area contributed by atoms with Crippen LogP contribution in [0.2, 0.25) is 0 Å². The topological polar surface area (TPSA) is 41.8 Å². The molecule has 0 amide bonds. The van der Waals surface area contributed by atoms with Gasteiger partial charge in [-0.2, -0.15) is 0 Å². The molecule has 0 heterocycles. The Morgan fingerprint density at radius 2 is 2.00 bits per heavy atom. The molecular formula is C14H22N2O. The van der Waals surface area contributed by atoms with Gasteiger partial charge in [-0.3, -0.25) is 9.79 Å². The molecule has 0 fully saturated rings. The lowest BCUT2D eigenvalue weighted by molar-refractivity contribution is -0.115. The van der Waals surface area contributed by atoms with E-state index >= 15 is 0 Å². The summed E-state index contributed by atoms with van der Waals surface area (Å²) in [5.41, 5.74) is 1.82. The Balaban J connectivity index is 5.25. The molecule has 0 bridgehead atoms. The van der Waals surface area contributed by atoms with E-state index in [1.165, 1.54) is 0 Å². The van der Waals surface area contributed by atoms with Crippen LogP contribution in [0.3, 0.4) is 0 Å². The Bertz CT molecular complexity index is 374. The van der Waals surface area contributed by atoms with Crippen molar-refractivity contribution in [2.45, 2.75) is 34.6 Å². The maximum Gasteiger partial charge on any atom is 0.183 e. The molecule has 0 aromatic rings. The maximum atomic E-state index is 11.9. The molecule has 0 aromatic heterocycles. The van der Waals surface area contributed by atoms with Gasteiger partial charge in [-0.1, -0.05) is 26.5 Å². The fraction of sp³-hybridized carbons (Fsp3) is 0.500. The minimum Gasteiger partial charge on any atom is -0.292 e. The molecule has 0 aliphatic heterocycles. The lowest BCUT2D eigenvalue weighted by atomic mass is 10.0. The van der Waals surface area contributed by atoms with Crippen molar-refractivity contribution in [3.63, 3.8) is 0 Å². The molecular weight excluding hydrogens is 212 g/mol. The monoisotopic (exact) mass is 234 g/mol. The first-order valence-electron chi connectivity index (χ1n) is 5.88. The summed E-state index contributed by atoms with van der Waals surface area (Å²) in [7, 11) is 0. The van der Waals surface area contributed by atoms with Crippen molar-refractivity contribution in [3.8, 4) is 0 Å². The molecule has 0 saturated heterocycles. The van der Waals surface area contributed by atoms with E-state index in [-0.39, 0.29) is 11.7 Å². The zero-order chi connectivity index (χ0) is 13.4. The van der Waals surface area contributed by atoms with Gasteiger partial charge in [0.2, 0.25) is 0 Å². The second-order valence-corrected chi connectivity index (χ2v) is 4.10. The van der Waals surface area contributed by atoms with E-state index in [1.54, 1.807) is 13.1 Å². The van der Waals surface area contributed by atoms with Gasteiger partial charge in [-0.25, -0.2) is 4.99 Å². The maximum absolute atomic E-state index is 11.9. The average molecular weight is 234 g/mol. The first-order valence-corrected chi connectivity index (χ1v) is 5.88. The normalized spacial score (nSPS) is 13.5. The van der Waals surface area contributed by atoms with E-state index in [0.717, 1.165) is 0 Å². The van der Waals surface area contributed by atoms with Crippen molar-refractivity contribution in [3.05, 3.63) is 23.9 Å². The van der Waals surface area contributed by atoms with Crippen molar-refractivity contribution < 1.29 is 4.79 Å². The minimum absolute atomic E-state index is 0.0155. The highest BCUT2D eigenvalue weighted by molar-refractivity contribution is 6.46. The van der Waals surface area contributed by atoms with Crippen molar-refractivity contribution >= 4 is 17.7 Å². The SMILES string of the molecule is C=C(C)C(=N/C(C=NCC)=C/C)C(=O)C(C)C. The summed E-state index contributed by atoms with van der Waals surface area (Å²) in [6.07, 6.45) is 3.51. The number of ketones is 1. The van der Waals surface area contributed by atoms with Crippen LogP contribution < -0.4 is 0 Å². The molecule has 0 saturated carbocycles. The number of hydrogen-bond acceptors (Lipinski definition) is 3. The predicted molar refractivity (Wildman–Crippen MR) is 74.9 cm³/mol. The smallest absolute Gasteiger partial charge is 0.183 e. The number of nitrogens with zero attached hydrogens (tertiary/aromatic N) is 2. The first kappa shape index (κ1) is 15.5. The summed E-state index contributed by atoms with van der Waals surface area (Å²) in [5, 5.41) is 0. The molecule has 0 radical (unpaired) electrons. The lowest BCUT2D eigenvalue weighted by Gasteiger charge is -2.08. The molecule has 0 unspecified atom stereocenters. The molecule has 0 aliphatic rings. The standard InChI is InChI=1S/C14H22N2O/c1-7-12(9-15-8-2)16-13(10(3)4)14(17)11(5)6/h7,9,11H,3,8H2,1-2,4-6H3/b12-7+,15-9?,16-13?. The third-order valence-corrected chi connectivity index (χ3v) is 2.10. The van der Waals surface area contributed by atoms with Crippen LogP contribution in [0, 0.1) is 5.92 Å². The van der Waals surface area contributed by atoms with E-state index in [9.17, 15) is 4.79 Å². The van der Waals surface area contributed by atoms with Gasteiger partial charge in [0.1, 0.15) is 5.71 Å². The molecule has 3 heteroatoms. The largest absolute Gasteiger partial charge is 0.292 e. The number of aliphatic imine (C=N–C) groups is 2. The van der Waals surface area contributed by atoms with Crippen LogP contribution in [0.25, 0.3) is 0 Å². The fourth-order valence-electron chi connectivity index (χ4n) is 1.12. The molecule has 0 aromatic carbocycles. The van der Waals surface area contributed by atoms with Gasteiger partial charge in [0.25, 0.3) is 0 Å². The molecule has 3 nitrogen and oxygen atoms in total. The van der Waals surface area contributed by atoms with Crippen LogP contribution in [0.15, 0.2) is 33.9 Å². The highest BCUT2D eigenvalue weighted by atomic mass is 16.1. The molecule has 17 heavy (non-hydrogen) atoms. The Kier molecular flexibility index (Phi) is 7.03. The summed E-state index contributed by atoms with van der Waals surface area (Å²) in [4.78, 5) is 20.4. The second kappa shape index (κ2) is 7.71. The molecule has 94 valence electrons. The quantitative estimate of drug-likeness (QED) is 0.650. The van der Waals surface area contributed by atoms with Gasteiger partial charge in [-0.05, 0) is 26.3 Å².